The SMILES string of the molecule is CC(N)CCCC(C)C(=O)Cc1nn(C)c2ccccc12. The molecule has 2 rings (SSSR count). The second-order valence-electron chi connectivity index (χ2n) is 6.04. The zero-order chi connectivity index (χ0) is 15.4. The van der Waals surface area contributed by atoms with Crippen LogP contribution in [0.3, 0.4) is 0 Å². The third kappa shape index (κ3) is 3.91. The van der Waals surface area contributed by atoms with Crippen molar-refractivity contribution in [3.8, 4) is 0 Å². The molecule has 0 radical (unpaired) electrons. The number of ketones is 1. The van der Waals surface area contributed by atoms with Gasteiger partial charge in [-0.1, -0.05) is 31.5 Å². The molecule has 0 aliphatic heterocycles. The first kappa shape index (κ1) is 15.7. The van der Waals surface area contributed by atoms with Crippen LogP contribution in [0.5, 0.6) is 0 Å². The molecule has 0 aliphatic carbocycles. The average Bonchev–Trinajstić information content (AvgIpc) is 2.75. The van der Waals surface area contributed by atoms with Crippen molar-refractivity contribution >= 4 is 16.7 Å². The molecule has 0 aliphatic rings. The standard InChI is InChI=1S/C17H25N3O/c1-12(7-6-8-13(2)18)17(21)11-15-14-9-4-5-10-16(14)20(3)19-15/h4-5,9-10,12-13H,6-8,11,18H2,1-3H3. The van der Waals surface area contributed by atoms with Gasteiger partial charge in [-0.15, -0.1) is 0 Å². The van der Waals surface area contributed by atoms with E-state index >= 15 is 0 Å². The molecule has 114 valence electrons. The number of aryl methyl sites for hydroxylation is 1. The third-order valence-corrected chi connectivity index (χ3v) is 4.02. The van der Waals surface area contributed by atoms with Crippen molar-refractivity contribution in [2.24, 2.45) is 18.7 Å². The second kappa shape index (κ2) is 6.85. The van der Waals surface area contributed by atoms with Crippen LogP contribution in [0.2, 0.25) is 0 Å². The largest absolute Gasteiger partial charge is 0.328 e. The second-order valence-corrected chi connectivity index (χ2v) is 6.04. The molecule has 1 aromatic heterocycles. The fourth-order valence-electron chi connectivity index (χ4n) is 2.67. The Labute approximate surface area is 126 Å². The van der Waals surface area contributed by atoms with Gasteiger partial charge >= 0.3 is 0 Å². The van der Waals surface area contributed by atoms with Crippen LogP contribution in [0, 0.1) is 5.92 Å². The molecule has 2 unspecified atom stereocenters. The Morgan fingerprint density at radius 3 is 2.71 bits per heavy atom. The molecule has 2 atom stereocenters. The van der Waals surface area contributed by atoms with Crippen molar-refractivity contribution in [1.29, 1.82) is 0 Å². The Morgan fingerprint density at radius 1 is 1.29 bits per heavy atom. The summed E-state index contributed by atoms with van der Waals surface area (Å²) in [5.74, 6) is 0.341. The minimum Gasteiger partial charge on any atom is -0.328 e. The number of hydrogen-bond acceptors (Lipinski definition) is 3. The van der Waals surface area contributed by atoms with Crippen LogP contribution in [0.1, 0.15) is 38.8 Å². The summed E-state index contributed by atoms with van der Waals surface area (Å²) >= 11 is 0. The van der Waals surface area contributed by atoms with Crippen molar-refractivity contribution in [1.82, 2.24) is 9.78 Å². The molecular weight excluding hydrogens is 262 g/mol. The molecule has 2 aromatic rings. The first-order valence-corrected chi connectivity index (χ1v) is 7.68. The lowest BCUT2D eigenvalue weighted by Gasteiger charge is -2.10. The summed E-state index contributed by atoms with van der Waals surface area (Å²) in [5.41, 5.74) is 7.71. The van der Waals surface area contributed by atoms with Gasteiger partial charge in [0.2, 0.25) is 0 Å². The summed E-state index contributed by atoms with van der Waals surface area (Å²) in [6.07, 6.45) is 3.31. The summed E-state index contributed by atoms with van der Waals surface area (Å²) in [6.45, 7) is 4.02. The Hall–Kier alpha value is -1.68. The maximum Gasteiger partial charge on any atom is 0.141 e. The number of benzene rings is 1. The van der Waals surface area contributed by atoms with Gasteiger partial charge in [0.25, 0.3) is 0 Å². The number of nitrogens with zero attached hydrogens (tertiary/aromatic N) is 2. The summed E-state index contributed by atoms with van der Waals surface area (Å²) < 4.78 is 1.85. The third-order valence-electron chi connectivity index (χ3n) is 4.02. The molecule has 1 heterocycles. The fraction of sp³-hybridized carbons (Fsp3) is 0.529. The van der Waals surface area contributed by atoms with E-state index in [0.29, 0.717) is 6.42 Å². The first-order chi connectivity index (χ1) is 9.99. The highest BCUT2D eigenvalue weighted by molar-refractivity contribution is 5.89. The normalized spacial score (nSPS) is 14.3. The number of fused-ring (bicyclic) bond motifs is 1. The minimum atomic E-state index is 0.0736. The van der Waals surface area contributed by atoms with Crippen LogP contribution in [-0.4, -0.2) is 21.6 Å². The number of hydrogen-bond donors (Lipinski definition) is 1. The maximum absolute atomic E-state index is 12.4. The number of rotatable bonds is 7. The first-order valence-electron chi connectivity index (χ1n) is 7.68. The van der Waals surface area contributed by atoms with Gasteiger partial charge in [-0.25, -0.2) is 0 Å². The predicted molar refractivity (Wildman–Crippen MR) is 86.1 cm³/mol. The van der Waals surface area contributed by atoms with E-state index < -0.39 is 0 Å². The topological polar surface area (TPSA) is 60.9 Å². The summed E-state index contributed by atoms with van der Waals surface area (Å²) in [6, 6.07) is 8.26. The van der Waals surface area contributed by atoms with E-state index in [1.807, 2.05) is 49.8 Å². The van der Waals surface area contributed by atoms with Crippen LogP contribution >= 0.6 is 0 Å². The molecule has 0 bridgehead atoms. The minimum absolute atomic E-state index is 0.0736. The van der Waals surface area contributed by atoms with Crippen LogP contribution in [-0.2, 0) is 18.3 Å². The molecular formula is C17H25N3O. The van der Waals surface area contributed by atoms with Crippen molar-refractivity contribution in [3.63, 3.8) is 0 Å². The highest BCUT2D eigenvalue weighted by Crippen LogP contribution is 2.20. The quantitative estimate of drug-likeness (QED) is 0.851. The maximum atomic E-state index is 12.4. The zero-order valence-electron chi connectivity index (χ0n) is 13.2. The van der Waals surface area contributed by atoms with Gasteiger partial charge in [-0.3, -0.25) is 9.48 Å². The molecule has 4 heteroatoms. The number of nitrogens with two attached hydrogens (primary N) is 1. The van der Waals surface area contributed by atoms with Gasteiger partial charge < -0.3 is 5.73 Å². The van der Waals surface area contributed by atoms with E-state index in [0.717, 1.165) is 35.9 Å². The van der Waals surface area contributed by atoms with E-state index in [1.165, 1.54) is 0 Å². The van der Waals surface area contributed by atoms with Crippen molar-refractivity contribution in [2.45, 2.75) is 45.6 Å². The zero-order valence-corrected chi connectivity index (χ0v) is 13.2. The highest BCUT2D eigenvalue weighted by Gasteiger charge is 2.17. The Morgan fingerprint density at radius 2 is 2.00 bits per heavy atom. The average molecular weight is 287 g/mol. The Balaban J connectivity index is 2.01. The molecule has 0 spiro atoms. The summed E-state index contributed by atoms with van der Waals surface area (Å²) in [5, 5.41) is 5.58. The molecule has 0 amide bonds. The number of aromatic nitrogens is 2. The predicted octanol–water partition coefficient (Wildman–Crippen LogP) is 2.84. The molecule has 2 N–H and O–H groups in total. The van der Waals surface area contributed by atoms with Gasteiger partial charge in [0.05, 0.1) is 17.6 Å². The fourth-order valence-corrected chi connectivity index (χ4v) is 2.67. The van der Waals surface area contributed by atoms with Crippen LogP contribution in [0.25, 0.3) is 10.9 Å². The van der Waals surface area contributed by atoms with Crippen LogP contribution in [0.15, 0.2) is 24.3 Å². The molecule has 1 aromatic carbocycles. The molecule has 0 saturated heterocycles. The lowest BCUT2D eigenvalue weighted by Crippen LogP contribution is -2.17. The highest BCUT2D eigenvalue weighted by atomic mass is 16.1. The van der Waals surface area contributed by atoms with Crippen molar-refractivity contribution in [3.05, 3.63) is 30.0 Å². The van der Waals surface area contributed by atoms with Crippen LogP contribution in [0.4, 0.5) is 0 Å². The lowest BCUT2D eigenvalue weighted by atomic mass is 9.95. The smallest absolute Gasteiger partial charge is 0.141 e. The number of para-hydroxylation sites is 1. The van der Waals surface area contributed by atoms with Gasteiger partial charge in [0.1, 0.15) is 5.78 Å². The van der Waals surface area contributed by atoms with Gasteiger partial charge in [-0.2, -0.15) is 5.10 Å². The summed E-state index contributed by atoms with van der Waals surface area (Å²) in [4.78, 5) is 12.4. The van der Waals surface area contributed by atoms with E-state index in [2.05, 4.69) is 5.10 Å². The van der Waals surface area contributed by atoms with Crippen LogP contribution < -0.4 is 5.73 Å². The Bertz CT molecular complexity index is 616. The van der Waals surface area contributed by atoms with Crippen molar-refractivity contribution < 1.29 is 4.79 Å². The van der Waals surface area contributed by atoms with E-state index in [1.54, 1.807) is 0 Å². The monoisotopic (exact) mass is 287 g/mol. The van der Waals surface area contributed by atoms with Crippen molar-refractivity contribution in [2.75, 3.05) is 0 Å². The molecule has 0 fully saturated rings. The Kier molecular flexibility index (Phi) is 5.12. The molecule has 4 nitrogen and oxygen atoms in total. The number of Topliss-reactive ketones (excluding diaryl/α,β-unsaturated/α-hetero) is 1. The number of carbonyl (C=O) groups excluding carboxylic acids is 1. The molecule has 0 saturated carbocycles. The van der Waals surface area contributed by atoms with E-state index in [9.17, 15) is 4.79 Å². The van der Waals surface area contributed by atoms with Gasteiger partial charge in [-0.05, 0) is 25.8 Å². The van der Waals surface area contributed by atoms with Gasteiger partial charge in [0.15, 0.2) is 0 Å². The van der Waals surface area contributed by atoms with Gasteiger partial charge in [0, 0.05) is 24.4 Å². The van der Waals surface area contributed by atoms with E-state index in [-0.39, 0.29) is 17.7 Å². The lowest BCUT2D eigenvalue weighted by molar-refractivity contribution is -0.122. The molecule has 21 heavy (non-hydrogen) atoms. The number of carbonyl (C=O) groups is 1. The van der Waals surface area contributed by atoms with E-state index in [4.69, 9.17) is 5.73 Å². The summed E-state index contributed by atoms with van der Waals surface area (Å²) in [7, 11) is 1.92.